The normalized spacial score (nSPS) is 9.73. The molecule has 5 nitrogen and oxygen atoms in total. The highest BCUT2D eigenvalue weighted by atomic mass is 16.6. The van der Waals surface area contributed by atoms with E-state index in [9.17, 15) is 14.9 Å². The Kier molecular flexibility index (Phi) is 3.38. The predicted molar refractivity (Wildman–Crippen MR) is 57.4 cm³/mol. The molecule has 0 heterocycles. The van der Waals surface area contributed by atoms with Crippen molar-refractivity contribution in [3.8, 4) is 0 Å². The highest BCUT2D eigenvalue weighted by Gasteiger charge is 2.16. The molecule has 0 unspecified atom stereocenters. The van der Waals surface area contributed by atoms with E-state index in [1.807, 2.05) is 6.92 Å². The molecule has 0 saturated heterocycles. The minimum absolute atomic E-state index is 0.0380. The Hall–Kier alpha value is -1.91. The van der Waals surface area contributed by atoms with Gasteiger partial charge in [-0.3, -0.25) is 14.9 Å². The second-order valence-corrected chi connectivity index (χ2v) is 3.14. The number of hydrogen-bond donors (Lipinski definition) is 0. The van der Waals surface area contributed by atoms with Gasteiger partial charge in [0.25, 0.3) is 5.69 Å². The van der Waals surface area contributed by atoms with Gasteiger partial charge in [-0.15, -0.1) is 0 Å². The number of aldehydes is 1. The fraction of sp³-hybridized carbons (Fsp3) is 0.300. The van der Waals surface area contributed by atoms with Crippen LogP contribution in [0.4, 0.5) is 11.4 Å². The largest absolute Gasteiger partial charge is 0.369 e. The van der Waals surface area contributed by atoms with E-state index in [1.54, 1.807) is 24.1 Å². The summed E-state index contributed by atoms with van der Waals surface area (Å²) in [5, 5.41) is 10.8. The quantitative estimate of drug-likeness (QED) is 0.430. The summed E-state index contributed by atoms with van der Waals surface area (Å²) in [5.41, 5.74) is 0.798. The first-order chi connectivity index (χ1) is 7.10. The van der Waals surface area contributed by atoms with Crippen LogP contribution in [-0.4, -0.2) is 24.8 Å². The van der Waals surface area contributed by atoms with Gasteiger partial charge in [0.15, 0.2) is 0 Å². The zero-order valence-corrected chi connectivity index (χ0v) is 8.64. The number of carbonyl (C=O) groups excluding carboxylic acids is 1. The van der Waals surface area contributed by atoms with Gasteiger partial charge in [-0.05, 0) is 19.1 Å². The van der Waals surface area contributed by atoms with Gasteiger partial charge in [0.2, 0.25) is 0 Å². The van der Waals surface area contributed by atoms with Crippen molar-refractivity contribution in [3.63, 3.8) is 0 Å². The first-order valence-corrected chi connectivity index (χ1v) is 4.55. The summed E-state index contributed by atoms with van der Waals surface area (Å²) in [4.78, 5) is 22.5. The van der Waals surface area contributed by atoms with Gasteiger partial charge in [0.1, 0.15) is 12.0 Å². The van der Waals surface area contributed by atoms with Crippen LogP contribution >= 0.6 is 0 Å². The lowest BCUT2D eigenvalue weighted by Crippen LogP contribution is -2.17. The van der Waals surface area contributed by atoms with E-state index in [1.165, 1.54) is 6.07 Å². The zero-order chi connectivity index (χ0) is 11.4. The van der Waals surface area contributed by atoms with Gasteiger partial charge >= 0.3 is 0 Å². The van der Waals surface area contributed by atoms with Crippen LogP contribution < -0.4 is 4.90 Å². The molecule has 0 aromatic heterocycles. The Labute approximate surface area is 87.5 Å². The van der Waals surface area contributed by atoms with Crippen molar-refractivity contribution >= 4 is 17.7 Å². The van der Waals surface area contributed by atoms with Crippen LogP contribution in [0.3, 0.4) is 0 Å². The number of anilines is 1. The van der Waals surface area contributed by atoms with E-state index >= 15 is 0 Å². The Morgan fingerprint density at radius 1 is 1.53 bits per heavy atom. The predicted octanol–water partition coefficient (Wildman–Crippen LogP) is 1.86. The third kappa shape index (κ3) is 2.31. The summed E-state index contributed by atoms with van der Waals surface area (Å²) in [7, 11) is 1.77. The minimum Gasteiger partial charge on any atom is -0.369 e. The van der Waals surface area contributed by atoms with Gasteiger partial charge < -0.3 is 4.90 Å². The highest BCUT2D eigenvalue weighted by Crippen LogP contribution is 2.27. The summed E-state index contributed by atoms with van der Waals surface area (Å²) in [6, 6.07) is 4.45. The monoisotopic (exact) mass is 208 g/mol. The molecule has 0 aliphatic heterocycles. The number of benzene rings is 1. The Morgan fingerprint density at radius 3 is 2.67 bits per heavy atom. The van der Waals surface area contributed by atoms with Crippen LogP contribution in [0.5, 0.6) is 0 Å². The minimum atomic E-state index is -0.478. The molecular formula is C10H12N2O3. The molecule has 0 spiro atoms. The molecular weight excluding hydrogens is 196 g/mol. The van der Waals surface area contributed by atoms with Gasteiger partial charge in [0, 0.05) is 25.2 Å². The molecule has 1 aromatic rings. The Bertz CT molecular complexity index is 390. The lowest BCUT2D eigenvalue weighted by Gasteiger charge is -2.16. The lowest BCUT2D eigenvalue weighted by molar-refractivity contribution is -0.384. The van der Waals surface area contributed by atoms with Crippen molar-refractivity contribution in [2.24, 2.45) is 0 Å². The first-order valence-electron chi connectivity index (χ1n) is 4.55. The maximum Gasteiger partial charge on any atom is 0.293 e. The van der Waals surface area contributed by atoms with E-state index in [0.29, 0.717) is 24.1 Å². The van der Waals surface area contributed by atoms with Crippen molar-refractivity contribution in [1.82, 2.24) is 0 Å². The third-order valence-corrected chi connectivity index (χ3v) is 2.22. The summed E-state index contributed by atoms with van der Waals surface area (Å²) in [6.07, 6.45) is 0.600. The molecule has 0 aliphatic carbocycles. The summed E-state index contributed by atoms with van der Waals surface area (Å²) in [6.45, 7) is 2.57. The standard InChI is InChI=1S/C10H12N2O3/c1-3-11(2)9-5-4-8(7-13)6-10(9)12(14)15/h4-7H,3H2,1-2H3. The molecule has 0 N–H and O–H groups in total. The maximum atomic E-state index is 10.8. The topological polar surface area (TPSA) is 63.5 Å². The number of nitro benzene ring substituents is 1. The summed E-state index contributed by atoms with van der Waals surface area (Å²) < 4.78 is 0. The number of carbonyl (C=O) groups is 1. The molecule has 1 aromatic carbocycles. The van der Waals surface area contributed by atoms with Crippen molar-refractivity contribution in [3.05, 3.63) is 33.9 Å². The second-order valence-electron chi connectivity index (χ2n) is 3.14. The van der Waals surface area contributed by atoms with Crippen molar-refractivity contribution < 1.29 is 9.72 Å². The Morgan fingerprint density at radius 2 is 2.20 bits per heavy atom. The van der Waals surface area contributed by atoms with E-state index in [-0.39, 0.29) is 5.69 Å². The maximum absolute atomic E-state index is 10.8. The number of rotatable bonds is 4. The van der Waals surface area contributed by atoms with E-state index < -0.39 is 4.92 Å². The van der Waals surface area contributed by atoms with Crippen LogP contribution in [0.15, 0.2) is 18.2 Å². The first kappa shape index (κ1) is 11.2. The summed E-state index contributed by atoms with van der Waals surface area (Å²) in [5.74, 6) is 0. The van der Waals surface area contributed by atoms with Gasteiger partial charge in [0.05, 0.1) is 4.92 Å². The zero-order valence-electron chi connectivity index (χ0n) is 8.64. The second kappa shape index (κ2) is 4.54. The molecule has 0 saturated carbocycles. The smallest absolute Gasteiger partial charge is 0.293 e. The van der Waals surface area contributed by atoms with E-state index in [0.717, 1.165) is 0 Å². The number of hydrogen-bond acceptors (Lipinski definition) is 4. The molecule has 15 heavy (non-hydrogen) atoms. The lowest BCUT2D eigenvalue weighted by atomic mass is 10.2. The summed E-state index contributed by atoms with van der Waals surface area (Å²) >= 11 is 0. The molecule has 80 valence electrons. The number of nitrogens with zero attached hydrogens (tertiary/aromatic N) is 2. The number of nitro groups is 1. The molecule has 0 bridgehead atoms. The van der Waals surface area contributed by atoms with Crippen LogP contribution in [0, 0.1) is 10.1 Å². The van der Waals surface area contributed by atoms with Crippen LogP contribution in [0.25, 0.3) is 0 Å². The van der Waals surface area contributed by atoms with Gasteiger partial charge in [-0.25, -0.2) is 0 Å². The molecule has 0 amide bonds. The molecule has 0 fully saturated rings. The molecule has 5 heteroatoms. The molecule has 0 radical (unpaired) electrons. The molecule has 0 atom stereocenters. The fourth-order valence-corrected chi connectivity index (χ4v) is 1.25. The van der Waals surface area contributed by atoms with Gasteiger partial charge in [-0.1, -0.05) is 0 Å². The third-order valence-electron chi connectivity index (χ3n) is 2.22. The average molecular weight is 208 g/mol. The highest BCUT2D eigenvalue weighted by molar-refractivity contribution is 5.79. The van der Waals surface area contributed by atoms with E-state index in [4.69, 9.17) is 0 Å². The van der Waals surface area contributed by atoms with Crippen molar-refractivity contribution in [2.75, 3.05) is 18.5 Å². The SMILES string of the molecule is CCN(C)c1ccc(C=O)cc1[N+](=O)[O-]. The average Bonchev–Trinajstić information content (AvgIpc) is 2.27. The van der Waals surface area contributed by atoms with Crippen molar-refractivity contribution in [2.45, 2.75) is 6.92 Å². The van der Waals surface area contributed by atoms with Crippen molar-refractivity contribution in [1.29, 1.82) is 0 Å². The van der Waals surface area contributed by atoms with Crippen LogP contribution in [0.2, 0.25) is 0 Å². The Balaban J connectivity index is 3.26. The van der Waals surface area contributed by atoms with Gasteiger partial charge in [-0.2, -0.15) is 0 Å². The van der Waals surface area contributed by atoms with Crippen LogP contribution in [-0.2, 0) is 0 Å². The molecule has 0 aliphatic rings. The fourth-order valence-electron chi connectivity index (χ4n) is 1.25. The molecule has 1 rings (SSSR count). The van der Waals surface area contributed by atoms with Crippen LogP contribution in [0.1, 0.15) is 17.3 Å². The van der Waals surface area contributed by atoms with E-state index in [2.05, 4.69) is 0 Å².